The molecule has 0 saturated carbocycles. The van der Waals surface area contributed by atoms with Crippen molar-refractivity contribution in [3.63, 3.8) is 0 Å². The Labute approximate surface area is 246 Å². The molecule has 8 heteroatoms. The summed E-state index contributed by atoms with van der Waals surface area (Å²) >= 11 is 3.68. The van der Waals surface area contributed by atoms with E-state index in [1.807, 2.05) is 48.5 Å². The van der Waals surface area contributed by atoms with Gasteiger partial charge in [0.25, 0.3) is 0 Å². The van der Waals surface area contributed by atoms with E-state index in [1.54, 1.807) is 4.90 Å². The Morgan fingerprint density at radius 3 is 2.35 bits per heavy atom. The van der Waals surface area contributed by atoms with Crippen LogP contribution in [-0.4, -0.2) is 72.8 Å². The molecule has 1 N–H and O–H groups in total. The zero-order chi connectivity index (χ0) is 27.7. The van der Waals surface area contributed by atoms with Crippen molar-refractivity contribution in [3.05, 3.63) is 64.1 Å². The summed E-state index contributed by atoms with van der Waals surface area (Å²) in [5, 5.41) is 10.6. The third-order valence-electron chi connectivity index (χ3n) is 8.60. The molecule has 2 aromatic carbocycles. The molecule has 2 bridgehead atoms. The van der Waals surface area contributed by atoms with Crippen LogP contribution in [0.3, 0.4) is 0 Å². The van der Waals surface area contributed by atoms with Gasteiger partial charge in [0.2, 0.25) is 0 Å². The predicted octanol–water partition coefficient (Wildman–Crippen LogP) is 7.10. The van der Waals surface area contributed by atoms with Crippen LogP contribution in [0.2, 0.25) is 0 Å². The summed E-state index contributed by atoms with van der Waals surface area (Å²) in [6.07, 6.45) is 9.18. The average molecular weight is 616 g/mol. The standard InChI is InChI=1S/C32H43BrN2O5/c33-27-20-26(21-28(22-27)38-17-9-4-2-1-3-8-12-30-39-18-19-40-30)31(25-10-6-5-7-11-25)35(32(36)37)29-23-34-15-13-24(29)14-16-34/h5-7,10-11,20-22,24,29-31H,1-4,8-9,12-19,23H2,(H,36,37)/t29-,31?/m0/s1. The third-order valence-corrected chi connectivity index (χ3v) is 9.05. The summed E-state index contributed by atoms with van der Waals surface area (Å²) < 4.78 is 18.1. The molecular weight excluding hydrogens is 572 g/mol. The number of hydrogen-bond acceptors (Lipinski definition) is 5. The number of amides is 1. The van der Waals surface area contributed by atoms with E-state index < -0.39 is 12.1 Å². The quantitative estimate of drug-likeness (QED) is 0.229. The second-order valence-corrected chi connectivity index (χ2v) is 12.3. The monoisotopic (exact) mass is 614 g/mol. The molecule has 0 radical (unpaired) electrons. The summed E-state index contributed by atoms with van der Waals surface area (Å²) in [4.78, 5) is 17.0. The second kappa shape index (κ2) is 14.7. The summed E-state index contributed by atoms with van der Waals surface area (Å²) in [7, 11) is 0. The number of rotatable bonds is 14. The molecule has 4 saturated heterocycles. The van der Waals surface area contributed by atoms with Crippen molar-refractivity contribution in [1.82, 2.24) is 9.80 Å². The van der Waals surface area contributed by atoms with Crippen LogP contribution in [0.1, 0.15) is 75.0 Å². The third kappa shape index (κ3) is 7.78. The smallest absolute Gasteiger partial charge is 0.408 e. The van der Waals surface area contributed by atoms with E-state index in [-0.39, 0.29) is 12.3 Å². The Morgan fingerprint density at radius 2 is 1.68 bits per heavy atom. The maximum Gasteiger partial charge on any atom is 0.408 e. The highest BCUT2D eigenvalue weighted by molar-refractivity contribution is 9.10. The van der Waals surface area contributed by atoms with Gasteiger partial charge in [-0.25, -0.2) is 4.79 Å². The number of nitrogens with zero attached hydrogens (tertiary/aromatic N) is 2. The van der Waals surface area contributed by atoms with Gasteiger partial charge in [0, 0.05) is 11.0 Å². The number of ether oxygens (including phenoxy) is 3. The van der Waals surface area contributed by atoms with Crippen LogP contribution in [0, 0.1) is 5.92 Å². The van der Waals surface area contributed by atoms with E-state index in [0.29, 0.717) is 12.5 Å². The molecule has 40 heavy (non-hydrogen) atoms. The number of hydrogen-bond donors (Lipinski definition) is 1. The van der Waals surface area contributed by atoms with Gasteiger partial charge in [-0.3, -0.25) is 4.90 Å². The second-order valence-electron chi connectivity index (χ2n) is 11.4. The first kappa shape index (κ1) is 29.4. The van der Waals surface area contributed by atoms with Gasteiger partial charge in [-0.1, -0.05) is 71.9 Å². The Hall–Kier alpha value is -2.13. The van der Waals surface area contributed by atoms with Crippen LogP contribution >= 0.6 is 15.9 Å². The number of piperidine rings is 3. The number of unbranched alkanes of at least 4 members (excludes halogenated alkanes) is 5. The lowest BCUT2D eigenvalue weighted by Crippen LogP contribution is -2.59. The topological polar surface area (TPSA) is 71.5 Å². The largest absolute Gasteiger partial charge is 0.494 e. The first-order valence-electron chi connectivity index (χ1n) is 15.0. The van der Waals surface area contributed by atoms with E-state index in [4.69, 9.17) is 14.2 Å². The molecule has 0 aliphatic carbocycles. The van der Waals surface area contributed by atoms with Gasteiger partial charge in [-0.15, -0.1) is 0 Å². The van der Waals surface area contributed by atoms with Crippen molar-refractivity contribution < 1.29 is 24.1 Å². The lowest BCUT2D eigenvalue weighted by atomic mass is 9.81. The lowest BCUT2D eigenvalue weighted by Gasteiger charge is -2.50. The summed E-state index contributed by atoms with van der Waals surface area (Å²) in [6.45, 7) is 5.06. The Morgan fingerprint density at radius 1 is 0.975 bits per heavy atom. The Balaban J connectivity index is 1.20. The molecule has 7 nitrogen and oxygen atoms in total. The molecule has 4 aliphatic heterocycles. The first-order chi connectivity index (χ1) is 19.6. The number of carbonyl (C=O) groups is 1. The molecule has 0 spiro atoms. The van der Waals surface area contributed by atoms with Crippen LogP contribution < -0.4 is 4.74 Å². The van der Waals surface area contributed by atoms with Crippen molar-refractivity contribution in [3.8, 4) is 5.75 Å². The van der Waals surface area contributed by atoms with E-state index in [9.17, 15) is 9.90 Å². The van der Waals surface area contributed by atoms with Crippen molar-refractivity contribution >= 4 is 22.0 Å². The minimum atomic E-state index is -0.863. The van der Waals surface area contributed by atoms with Crippen molar-refractivity contribution in [2.75, 3.05) is 39.5 Å². The molecule has 0 aromatic heterocycles. The molecule has 1 unspecified atom stereocenters. The van der Waals surface area contributed by atoms with Gasteiger partial charge in [-0.05, 0) is 80.4 Å². The summed E-state index contributed by atoms with van der Waals surface area (Å²) in [6, 6.07) is 15.7. The van der Waals surface area contributed by atoms with Gasteiger partial charge in [0.15, 0.2) is 6.29 Å². The molecule has 2 atom stereocenters. The van der Waals surface area contributed by atoms with Crippen molar-refractivity contribution in [2.24, 2.45) is 5.92 Å². The maximum atomic E-state index is 12.9. The normalized spacial score (nSPS) is 23.3. The number of benzene rings is 2. The molecule has 218 valence electrons. The highest BCUT2D eigenvalue weighted by atomic mass is 79.9. The van der Waals surface area contributed by atoms with E-state index in [0.717, 1.165) is 92.7 Å². The van der Waals surface area contributed by atoms with Gasteiger partial charge in [0.1, 0.15) is 5.75 Å². The molecule has 2 aromatic rings. The van der Waals surface area contributed by atoms with Crippen molar-refractivity contribution in [1.29, 1.82) is 0 Å². The molecule has 4 fully saturated rings. The highest BCUT2D eigenvalue weighted by Gasteiger charge is 2.43. The lowest BCUT2D eigenvalue weighted by molar-refractivity contribution is -0.0480. The van der Waals surface area contributed by atoms with Gasteiger partial charge >= 0.3 is 6.09 Å². The number of halogens is 1. The number of fused-ring (bicyclic) bond motifs is 3. The molecule has 4 heterocycles. The molecule has 1 amide bonds. The van der Waals surface area contributed by atoms with Crippen molar-refractivity contribution in [2.45, 2.75) is 76.2 Å². The van der Waals surface area contributed by atoms with E-state index in [1.165, 1.54) is 19.3 Å². The van der Waals surface area contributed by atoms with Crippen LogP contribution in [0.5, 0.6) is 5.75 Å². The molecule has 6 rings (SSSR count). The number of carboxylic acid groups (broad SMARTS) is 1. The van der Waals surface area contributed by atoms with Gasteiger partial charge in [0.05, 0.1) is 31.9 Å². The van der Waals surface area contributed by atoms with Gasteiger partial charge in [-0.2, -0.15) is 0 Å². The molecule has 4 aliphatic rings. The average Bonchev–Trinajstić information content (AvgIpc) is 3.49. The predicted molar refractivity (Wildman–Crippen MR) is 159 cm³/mol. The van der Waals surface area contributed by atoms with Crippen LogP contribution in [0.4, 0.5) is 4.79 Å². The molecular formula is C32H43BrN2O5. The van der Waals surface area contributed by atoms with Crippen LogP contribution in [-0.2, 0) is 9.47 Å². The van der Waals surface area contributed by atoms with E-state index >= 15 is 0 Å². The van der Waals surface area contributed by atoms with Crippen LogP contribution in [0.25, 0.3) is 0 Å². The minimum absolute atomic E-state index is 0.0168. The van der Waals surface area contributed by atoms with Gasteiger partial charge < -0.3 is 24.2 Å². The summed E-state index contributed by atoms with van der Waals surface area (Å²) in [5.41, 5.74) is 1.92. The fourth-order valence-corrected chi connectivity index (χ4v) is 7.04. The zero-order valence-corrected chi connectivity index (χ0v) is 25.0. The highest BCUT2D eigenvalue weighted by Crippen LogP contribution is 2.40. The fourth-order valence-electron chi connectivity index (χ4n) is 6.55. The zero-order valence-electron chi connectivity index (χ0n) is 23.4. The van der Waals surface area contributed by atoms with E-state index in [2.05, 4.69) is 20.8 Å². The minimum Gasteiger partial charge on any atom is -0.494 e. The Bertz CT molecular complexity index is 1070. The fraction of sp³-hybridized carbons (Fsp3) is 0.594. The Kier molecular flexibility index (Phi) is 10.8. The SMILES string of the molecule is O=C(O)N(C(c1ccccc1)c1cc(Br)cc(OCCCCCCCCC2OCCO2)c1)[C@H]1CN2CCC1CC2. The summed E-state index contributed by atoms with van der Waals surface area (Å²) in [5.74, 6) is 1.18. The first-order valence-corrected chi connectivity index (χ1v) is 15.8. The maximum absolute atomic E-state index is 12.9. The van der Waals surface area contributed by atoms with Crippen LogP contribution in [0.15, 0.2) is 53.0 Å².